The first-order chi connectivity index (χ1) is 22.0. The molecule has 0 unspecified atom stereocenters. The minimum Gasteiger partial charge on any atom is -0.494 e. The van der Waals surface area contributed by atoms with Crippen molar-refractivity contribution in [1.82, 2.24) is 20.1 Å². The second-order valence-corrected chi connectivity index (χ2v) is 11.9. The number of benzene rings is 2. The second kappa shape index (κ2) is 11.0. The standard InChI is InChI=1S/C30H24ClF6N5O5/c1-28(27(38)44)11-47-25-16(28)8-19(40-24(25)15-7-17(32)21(33)22(34)20(15)31)29(45,30(35,36)37)10-39-26(43)12-5-13-9-42(14-3-4-14)41-23(13)18(6-12)46-2/h5-9,14,45H,3-4,10-11H2,1-2H3,(H2,38,44)(H,39,43)/t28-,29+/m0/s1. The van der Waals surface area contributed by atoms with Gasteiger partial charge in [0.25, 0.3) is 5.91 Å². The SMILES string of the molecule is COc1cc(C(=O)NC[C@@](O)(c2cc3c(c(-c4cc(F)c(F)c(F)c4Cl)n2)OC[C@]3(C)C(N)=O)C(F)(F)F)cc2cn(C3CC3)nc12. The summed E-state index contributed by atoms with van der Waals surface area (Å²) in [7, 11) is 1.33. The molecule has 1 fully saturated rings. The molecule has 248 valence electrons. The Bertz CT molecular complexity index is 1980. The minimum absolute atomic E-state index is 0.115. The van der Waals surface area contributed by atoms with Crippen LogP contribution in [-0.4, -0.2) is 58.1 Å². The number of primary amides is 1. The van der Waals surface area contributed by atoms with Crippen LogP contribution in [0.15, 0.2) is 30.5 Å². The van der Waals surface area contributed by atoms with Crippen molar-refractivity contribution in [2.24, 2.45) is 5.73 Å². The van der Waals surface area contributed by atoms with E-state index in [4.69, 9.17) is 26.8 Å². The predicted octanol–water partition coefficient (Wildman–Crippen LogP) is 4.83. The lowest BCUT2D eigenvalue weighted by Gasteiger charge is -2.31. The van der Waals surface area contributed by atoms with E-state index in [2.05, 4.69) is 15.4 Å². The number of hydrogen-bond acceptors (Lipinski definition) is 7. The molecular formula is C30H24ClF6N5O5. The quantitative estimate of drug-likeness (QED) is 0.137. The smallest absolute Gasteiger partial charge is 0.424 e. The molecule has 1 aliphatic carbocycles. The summed E-state index contributed by atoms with van der Waals surface area (Å²) < 4.78 is 99.5. The maximum absolute atomic E-state index is 14.8. The number of halogens is 7. The molecule has 2 aromatic carbocycles. The zero-order valence-corrected chi connectivity index (χ0v) is 25.2. The third-order valence-corrected chi connectivity index (χ3v) is 8.74. The van der Waals surface area contributed by atoms with Gasteiger partial charge in [-0.2, -0.15) is 18.3 Å². The number of aliphatic hydroxyl groups is 1. The predicted molar refractivity (Wildman–Crippen MR) is 153 cm³/mol. The van der Waals surface area contributed by atoms with Gasteiger partial charge in [-0.25, -0.2) is 18.2 Å². The van der Waals surface area contributed by atoms with Crippen LogP contribution in [0.4, 0.5) is 26.3 Å². The molecule has 6 rings (SSSR count). The first kappa shape index (κ1) is 32.4. The van der Waals surface area contributed by atoms with E-state index in [-0.39, 0.29) is 22.9 Å². The average molecular weight is 684 g/mol. The van der Waals surface area contributed by atoms with Crippen LogP contribution in [0.5, 0.6) is 11.5 Å². The molecule has 1 saturated carbocycles. The summed E-state index contributed by atoms with van der Waals surface area (Å²) in [4.78, 5) is 29.5. The molecule has 4 N–H and O–H groups in total. The Morgan fingerprint density at radius 1 is 1.19 bits per heavy atom. The third-order valence-electron chi connectivity index (χ3n) is 8.37. The van der Waals surface area contributed by atoms with Gasteiger partial charge in [-0.3, -0.25) is 14.3 Å². The van der Waals surface area contributed by atoms with Crippen molar-refractivity contribution in [2.45, 2.75) is 43.0 Å². The van der Waals surface area contributed by atoms with E-state index in [1.54, 1.807) is 10.9 Å². The summed E-state index contributed by atoms with van der Waals surface area (Å²) in [6.07, 6.45) is -2.03. The van der Waals surface area contributed by atoms with Crippen molar-refractivity contribution in [3.05, 3.63) is 69.8 Å². The fraction of sp³-hybridized carbons (Fsp3) is 0.333. The number of carbonyl (C=O) groups is 2. The molecule has 2 atom stereocenters. The molecule has 10 nitrogen and oxygen atoms in total. The van der Waals surface area contributed by atoms with Gasteiger partial charge >= 0.3 is 6.18 Å². The number of alkyl halides is 3. The summed E-state index contributed by atoms with van der Waals surface area (Å²) in [5.74, 6) is -7.92. The third kappa shape index (κ3) is 5.19. The number of methoxy groups -OCH3 is 1. The van der Waals surface area contributed by atoms with Gasteiger partial charge < -0.3 is 25.6 Å². The Morgan fingerprint density at radius 3 is 2.51 bits per heavy atom. The van der Waals surface area contributed by atoms with E-state index < -0.39 is 87.3 Å². The Balaban J connectivity index is 1.44. The van der Waals surface area contributed by atoms with Crippen LogP contribution >= 0.6 is 11.6 Å². The highest BCUT2D eigenvalue weighted by atomic mass is 35.5. The number of nitrogens with two attached hydrogens (primary N) is 1. The van der Waals surface area contributed by atoms with Gasteiger partial charge in [0.2, 0.25) is 11.5 Å². The number of nitrogens with zero attached hydrogens (tertiary/aromatic N) is 3. The molecule has 0 spiro atoms. The zero-order valence-electron chi connectivity index (χ0n) is 24.4. The molecule has 0 saturated heterocycles. The van der Waals surface area contributed by atoms with Crippen LogP contribution in [0, 0.1) is 17.5 Å². The van der Waals surface area contributed by atoms with Gasteiger partial charge in [-0.15, -0.1) is 0 Å². The maximum Gasteiger partial charge on any atom is 0.424 e. The lowest BCUT2D eigenvalue weighted by atomic mass is 9.81. The monoisotopic (exact) mass is 683 g/mol. The van der Waals surface area contributed by atoms with E-state index in [1.807, 2.05) is 0 Å². The Morgan fingerprint density at radius 2 is 1.89 bits per heavy atom. The lowest BCUT2D eigenvalue weighted by Crippen LogP contribution is -2.51. The van der Waals surface area contributed by atoms with Gasteiger partial charge in [0, 0.05) is 28.3 Å². The van der Waals surface area contributed by atoms with Crippen LogP contribution in [0.25, 0.3) is 22.2 Å². The zero-order chi connectivity index (χ0) is 34.2. The summed E-state index contributed by atoms with van der Waals surface area (Å²) in [6.45, 7) is -0.815. The molecule has 3 heterocycles. The average Bonchev–Trinajstić information content (AvgIpc) is 3.70. The van der Waals surface area contributed by atoms with Crippen molar-refractivity contribution < 1.29 is 50.5 Å². The van der Waals surface area contributed by atoms with Crippen LogP contribution in [-0.2, 0) is 15.8 Å². The van der Waals surface area contributed by atoms with E-state index in [0.29, 0.717) is 23.0 Å². The molecule has 4 aromatic rings. The van der Waals surface area contributed by atoms with E-state index in [1.165, 1.54) is 26.2 Å². The van der Waals surface area contributed by atoms with Crippen molar-refractivity contribution >= 4 is 34.3 Å². The lowest BCUT2D eigenvalue weighted by molar-refractivity contribution is -0.265. The highest BCUT2D eigenvalue weighted by molar-refractivity contribution is 6.33. The summed E-state index contributed by atoms with van der Waals surface area (Å²) in [6, 6.07) is 3.93. The van der Waals surface area contributed by atoms with Crippen LogP contribution in [0.2, 0.25) is 5.02 Å². The van der Waals surface area contributed by atoms with Gasteiger partial charge in [-0.1, -0.05) is 11.6 Å². The van der Waals surface area contributed by atoms with Crippen molar-refractivity contribution in [2.75, 3.05) is 20.3 Å². The number of ether oxygens (including phenoxy) is 2. The summed E-state index contributed by atoms with van der Waals surface area (Å²) >= 11 is 5.93. The highest BCUT2D eigenvalue weighted by Gasteiger charge is 2.58. The fourth-order valence-electron chi connectivity index (χ4n) is 5.31. The first-order valence-corrected chi connectivity index (χ1v) is 14.3. The van der Waals surface area contributed by atoms with Gasteiger partial charge in [0.1, 0.15) is 34.7 Å². The molecule has 2 amide bonds. The number of carbonyl (C=O) groups excluding carboxylic acids is 2. The van der Waals surface area contributed by atoms with Crippen molar-refractivity contribution in [3.63, 3.8) is 0 Å². The van der Waals surface area contributed by atoms with Gasteiger partial charge in [0.05, 0.1) is 30.4 Å². The largest absolute Gasteiger partial charge is 0.494 e. The van der Waals surface area contributed by atoms with Crippen molar-refractivity contribution in [3.8, 4) is 22.8 Å². The van der Waals surface area contributed by atoms with Crippen molar-refractivity contribution in [1.29, 1.82) is 0 Å². The summed E-state index contributed by atoms with van der Waals surface area (Å²) in [5, 5.41) is 17.2. The first-order valence-electron chi connectivity index (χ1n) is 14.0. The van der Waals surface area contributed by atoms with Gasteiger partial charge in [-0.05, 0) is 44.0 Å². The molecule has 2 aliphatic rings. The molecular weight excluding hydrogens is 660 g/mol. The number of rotatable bonds is 8. The van der Waals surface area contributed by atoms with Crippen LogP contribution in [0.3, 0.4) is 0 Å². The molecule has 2 aromatic heterocycles. The van der Waals surface area contributed by atoms with Gasteiger partial charge in [0.15, 0.2) is 17.5 Å². The fourth-order valence-corrected chi connectivity index (χ4v) is 5.53. The summed E-state index contributed by atoms with van der Waals surface area (Å²) in [5.41, 5.74) is -2.95. The number of nitrogens with one attached hydrogen (secondary N) is 1. The minimum atomic E-state index is -5.54. The number of pyridine rings is 1. The Kier molecular flexibility index (Phi) is 7.58. The Hall–Kier alpha value is -4.57. The highest BCUT2D eigenvalue weighted by Crippen LogP contribution is 2.49. The van der Waals surface area contributed by atoms with Crippen LogP contribution < -0.4 is 20.5 Å². The molecule has 0 bridgehead atoms. The molecule has 47 heavy (non-hydrogen) atoms. The normalized spacial score (nSPS) is 18.9. The second-order valence-electron chi connectivity index (χ2n) is 11.6. The molecule has 0 radical (unpaired) electrons. The topological polar surface area (TPSA) is 142 Å². The number of aromatic nitrogens is 3. The molecule has 17 heteroatoms. The molecule has 1 aliphatic heterocycles. The number of hydrogen-bond donors (Lipinski definition) is 3. The van der Waals surface area contributed by atoms with E-state index in [9.17, 15) is 41.0 Å². The van der Waals surface area contributed by atoms with Crippen LogP contribution in [0.1, 0.15) is 47.4 Å². The number of amides is 2. The maximum atomic E-state index is 14.8. The Labute approximate surface area is 266 Å². The van der Waals surface area contributed by atoms with E-state index in [0.717, 1.165) is 12.8 Å². The van der Waals surface area contributed by atoms with E-state index >= 15 is 0 Å². The number of fused-ring (bicyclic) bond motifs is 2.